The summed E-state index contributed by atoms with van der Waals surface area (Å²) in [6.07, 6.45) is 0.987. The number of hydrogen-bond acceptors (Lipinski definition) is 2. The number of furan rings is 1. The van der Waals surface area contributed by atoms with E-state index in [1.54, 1.807) is 0 Å². The van der Waals surface area contributed by atoms with Crippen LogP contribution in [0, 0.1) is 6.92 Å². The summed E-state index contributed by atoms with van der Waals surface area (Å²) in [6, 6.07) is 21.6. The smallest absolute Gasteiger partial charge is 0.224 e. The van der Waals surface area contributed by atoms with E-state index in [2.05, 4.69) is 5.32 Å². The van der Waals surface area contributed by atoms with Crippen molar-refractivity contribution in [2.45, 2.75) is 19.8 Å². The zero-order valence-corrected chi connectivity index (χ0v) is 13.1. The Morgan fingerprint density at radius 3 is 2.48 bits per heavy atom. The van der Waals surface area contributed by atoms with Gasteiger partial charge in [0.25, 0.3) is 0 Å². The molecule has 1 N–H and O–H groups in total. The van der Waals surface area contributed by atoms with Crippen LogP contribution in [0.4, 0.5) is 5.69 Å². The van der Waals surface area contributed by atoms with Gasteiger partial charge in [-0.15, -0.1) is 0 Å². The number of benzene rings is 2. The lowest BCUT2D eigenvalue weighted by atomic mass is 10.2. The van der Waals surface area contributed by atoms with Gasteiger partial charge in [-0.2, -0.15) is 0 Å². The van der Waals surface area contributed by atoms with Crippen LogP contribution in [0.25, 0.3) is 11.3 Å². The van der Waals surface area contributed by atoms with Crippen LogP contribution >= 0.6 is 0 Å². The Morgan fingerprint density at radius 2 is 1.70 bits per heavy atom. The van der Waals surface area contributed by atoms with Gasteiger partial charge < -0.3 is 9.73 Å². The van der Waals surface area contributed by atoms with Crippen molar-refractivity contribution < 1.29 is 9.21 Å². The molecule has 2 aromatic carbocycles. The monoisotopic (exact) mass is 305 g/mol. The molecule has 0 aliphatic heterocycles. The maximum Gasteiger partial charge on any atom is 0.224 e. The Bertz CT molecular complexity index is 790. The fourth-order valence-corrected chi connectivity index (χ4v) is 2.43. The van der Waals surface area contributed by atoms with Gasteiger partial charge in [0, 0.05) is 24.1 Å². The lowest BCUT2D eigenvalue weighted by molar-refractivity contribution is -0.116. The van der Waals surface area contributed by atoms with Gasteiger partial charge in [-0.1, -0.05) is 48.5 Å². The normalized spacial score (nSPS) is 10.5. The molecule has 0 saturated carbocycles. The minimum Gasteiger partial charge on any atom is -0.461 e. The van der Waals surface area contributed by atoms with E-state index in [-0.39, 0.29) is 5.91 Å². The van der Waals surface area contributed by atoms with Gasteiger partial charge in [0.2, 0.25) is 5.91 Å². The van der Waals surface area contributed by atoms with Crippen LogP contribution in [-0.4, -0.2) is 5.91 Å². The minimum atomic E-state index is -0.00281. The molecule has 116 valence electrons. The molecule has 0 aliphatic rings. The van der Waals surface area contributed by atoms with E-state index in [0.29, 0.717) is 12.8 Å². The van der Waals surface area contributed by atoms with E-state index in [1.807, 2.05) is 73.7 Å². The lowest BCUT2D eigenvalue weighted by Crippen LogP contribution is -2.12. The fourth-order valence-electron chi connectivity index (χ4n) is 2.43. The van der Waals surface area contributed by atoms with E-state index in [4.69, 9.17) is 4.42 Å². The molecule has 0 unspecified atom stereocenters. The highest BCUT2D eigenvalue weighted by Crippen LogP contribution is 2.22. The third kappa shape index (κ3) is 3.89. The Labute approximate surface area is 136 Å². The Morgan fingerprint density at radius 1 is 0.957 bits per heavy atom. The first-order valence-corrected chi connectivity index (χ1v) is 7.72. The zero-order chi connectivity index (χ0) is 16.1. The van der Waals surface area contributed by atoms with Crippen molar-refractivity contribution in [2.24, 2.45) is 0 Å². The number of rotatable bonds is 5. The van der Waals surface area contributed by atoms with Crippen LogP contribution in [0.5, 0.6) is 0 Å². The van der Waals surface area contributed by atoms with Crippen molar-refractivity contribution >= 4 is 11.6 Å². The predicted molar refractivity (Wildman–Crippen MR) is 92.3 cm³/mol. The Hall–Kier alpha value is -2.81. The highest BCUT2D eigenvalue weighted by molar-refractivity contribution is 5.91. The highest BCUT2D eigenvalue weighted by atomic mass is 16.3. The summed E-state index contributed by atoms with van der Waals surface area (Å²) < 4.78 is 5.81. The summed E-state index contributed by atoms with van der Waals surface area (Å²) in [5.74, 6) is 1.65. The number of para-hydroxylation sites is 1. The maximum absolute atomic E-state index is 12.1. The number of anilines is 1. The standard InChI is InChI=1S/C20H19NO2/c1-15-7-5-6-10-18(15)21-20(22)14-12-17-11-13-19(23-17)16-8-3-2-4-9-16/h2-11,13H,12,14H2,1H3,(H,21,22). The topological polar surface area (TPSA) is 42.2 Å². The quantitative estimate of drug-likeness (QED) is 0.734. The van der Waals surface area contributed by atoms with Crippen molar-refractivity contribution in [1.82, 2.24) is 0 Å². The molecule has 0 aliphatic carbocycles. The molecule has 0 radical (unpaired) electrons. The molecule has 1 aromatic heterocycles. The van der Waals surface area contributed by atoms with Crippen LogP contribution in [0.1, 0.15) is 17.7 Å². The highest BCUT2D eigenvalue weighted by Gasteiger charge is 2.08. The molecule has 0 fully saturated rings. The second kappa shape index (κ2) is 6.97. The second-order valence-electron chi connectivity index (χ2n) is 5.50. The van der Waals surface area contributed by atoms with Gasteiger partial charge in [-0.3, -0.25) is 4.79 Å². The summed E-state index contributed by atoms with van der Waals surface area (Å²) in [4.78, 5) is 12.1. The van der Waals surface area contributed by atoms with Crippen LogP contribution in [0.2, 0.25) is 0 Å². The first-order chi connectivity index (χ1) is 11.2. The average Bonchev–Trinajstić information content (AvgIpc) is 3.05. The van der Waals surface area contributed by atoms with Crippen molar-refractivity contribution in [1.29, 1.82) is 0 Å². The van der Waals surface area contributed by atoms with Crippen molar-refractivity contribution in [3.05, 3.63) is 78.1 Å². The van der Waals surface area contributed by atoms with Gasteiger partial charge in [0.05, 0.1) is 0 Å². The number of carbonyl (C=O) groups is 1. The third-order valence-electron chi connectivity index (χ3n) is 3.74. The number of carbonyl (C=O) groups excluding carboxylic acids is 1. The number of hydrogen-bond donors (Lipinski definition) is 1. The molecule has 0 bridgehead atoms. The summed E-state index contributed by atoms with van der Waals surface area (Å²) in [5, 5.41) is 2.94. The summed E-state index contributed by atoms with van der Waals surface area (Å²) >= 11 is 0. The molecular formula is C20H19NO2. The van der Waals surface area contributed by atoms with Gasteiger partial charge in [-0.05, 0) is 30.7 Å². The van der Waals surface area contributed by atoms with E-state index in [9.17, 15) is 4.79 Å². The van der Waals surface area contributed by atoms with Gasteiger partial charge in [0.1, 0.15) is 11.5 Å². The molecule has 3 heteroatoms. The van der Waals surface area contributed by atoms with E-state index in [0.717, 1.165) is 28.3 Å². The van der Waals surface area contributed by atoms with Crippen LogP contribution < -0.4 is 5.32 Å². The lowest BCUT2D eigenvalue weighted by Gasteiger charge is -2.07. The van der Waals surface area contributed by atoms with Crippen molar-refractivity contribution in [3.8, 4) is 11.3 Å². The van der Waals surface area contributed by atoms with Crippen LogP contribution in [-0.2, 0) is 11.2 Å². The van der Waals surface area contributed by atoms with Crippen LogP contribution in [0.15, 0.2) is 71.1 Å². The molecular weight excluding hydrogens is 286 g/mol. The van der Waals surface area contributed by atoms with E-state index in [1.165, 1.54) is 0 Å². The number of nitrogens with one attached hydrogen (secondary N) is 1. The molecule has 0 atom stereocenters. The van der Waals surface area contributed by atoms with Crippen molar-refractivity contribution in [3.63, 3.8) is 0 Å². The second-order valence-corrected chi connectivity index (χ2v) is 5.50. The molecule has 3 aromatic rings. The average molecular weight is 305 g/mol. The summed E-state index contributed by atoms with van der Waals surface area (Å²) in [5.41, 5.74) is 2.97. The zero-order valence-electron chi connectivity index (χ0n) is 13.1. The molecule has 3 rings (SSSR count). The SMILES string of the molecule is Cc1ccccc1NC(=O)CCc1ccc(-c2ccccc2)o1. The van der Waals surface area contributed by atoms with E-state index >= 15 is 0 Å². The number of aryl methyl sites for hydroxylation is 2. The minimum absolute atomic E-state index is 0.00281. The van der Waals surface area contributed by atoms with Crippen LogP contribution in [0.3, 0.4) is 0 Å². The first-order valence-electron chi connectivity index (χ1n) is 7.72. The predicted octanol–water partition coefficient (Wildman–Crippen LogP) is 4.83. The molecule has 1 amide bonds. The summed E-state index contributed by atoms with van der Waals surface area (Å²) in [6.45, 7) is 1.98. The third-order valence-corrected chi connectivity index (χ3v) is 3.74. The Kier molecular flexibility index (Phi) is 4.57. The first kappa shape index (κ1) is 15.1. The van der Waals surface area contributed by atoms with Crippen molar-refractivity contribution in [2.75, 3.05) is 5.32 Å². The Balaban J connectivity index is 1.58. The molecule has 23 heavy (non-hydrogen) atoms. The number of amides is 1. The largest absolute Gasteiger partial charge is 0.461 e. The molecule has 3 nitrogen and oxygen atoms in total. The fraction of sp³-hybridized carbons (Fsp3) is 0.150. The van der Waals surface area contributed by atoms with Gasteiger partial charge >= 0.3 is 0 Å². The maximum atomic E-state index is 12.1. The van der Waals surface area contributed by atoms with E-state index < -0.39 is 0 Å². The molecule has 1 heterocycles. The summed E-state index contributed by atoms with van der Waals surface area (Å²) in [7, 11) is 0. The van der Waals surface area contributed by atoms with Gasteiger partial charge in [-0.25, -0.2) is 0 Å². The molecule has 0 spiro atoms. The molecule has 0 saturated heterocycles. The van der Waals surface area contributed by atoms with Gasteiger partial charge in [0.15, 0.2) is 0 Å².